The van der Waals surface area contributed by atoms with Gasteiger partial charge in [0.25, 0.3) is 0 Å². The molecule has 1 atom stereocenters. The third-order valence-corrected chi connectivity index (χ3v) is 5.38. The first kappa shape index (κ1) is 20.2. The van der Waals surface area contributed by atoms with E-state index in [2.05, 4.69) is 5.32 Å². The number of carbonyl (C=O) groups excluding carboxylic acids is 2. The van der Waals surface area contributed by atoms with Crippen LogP contribution in [0.3, 0.4) is 0 Å². The molecule has 5 heteroatoms. The number of amides is 2. The minimum atomic E-state index is -0.0711. The minimum Gasteiger partial charge on any atom is -0.349 e. The van der Waals surface area contributed by atoms with E-state index in [0.717, 1.165) is 11.1 Å². The molecular formula is C23H25ClN2O2. The van der Waals surface area contributed by atoms with Crippen molar-refractivity contribution in [2.24, 2.45) is 5.92 Å². The summed E-state index contributed by atoms with van der Waals surface area (Å²) in [7, 11) is 0. The topological polar surface area (TPSA) is 49.4 Å². The quantitative estimate of drug-likeness (QED) is 0.758. The highest BCUT2D eigenvalue weighted by Crippen LogP contribution is 2.21. The predicted molar refractivity (Wildman–Crippen MR) is 113 cm³/mol. The number of likely N-dealkylation sites (tertiary alicyclic amines) is 1. The molecule has 1 unspecified atom stereocenters. The van der Waals surface area contributed by atoms with Gasteiger partial charge >= 0.3 is 0 Å². The van der Waals surface area contributed by atoms with Crippen molar-refractivity contribution in [3.8, 4) is 0 Å². The fourth-order valence-electron chi connectivity index (χ4n) is 3.37. The number of benzene rings is 2. The predicted octanol–water partition coefficient (Wildman–Crippen LogP) is 4.47. The molecule has 0 bridgehead atoms. The van der Waals surface area contributed by atoms with Crippen LogP contribution in [0.1, 0.15) is 36.9 Å². The zero-order valence-electron chi connectivity index (χ0n) is 16.0. The average Bonchev–Trinajstić information content (AvgIpc) is 2.73. The van der Waals surface area contributed by atoms with Gasteiger partial charge in [-0.15, -0.1) is 0 Å². The molecule has 0 radical (unpaired) electrons. The highest BCUT2D eigenvalue weighted by molar-refractivity contribution is 6.30. The summed E-state index contributed by atoms with van der Waals surface area (Å²) in [6.45, 7) is 3.17. The van der Waals surface area contributed by atoms with Crippen molar-refractivity contribution in [3.63, 3.8) is 0 Å². The average molecular weight is 397 g/mol. The van der Waals surface area contributed by atoms with E-state index in [4.69, 9.17) is 11.6 Å². The van der Waals surface area contributed by atoms with Crippen molar-refractivity contribution in [1.29, 1.82) is 0 Å². The van der Waals surface area contributed by atoms with Gasteiger partial charge < -0.3 is 10.2 Å². The summed E-state index contributed by atoms with van der Waals surface area (Å²) in [4.78, 5) is 26.8. The number of nitrogens with one attached hydrogen (secondary N) is 1. The van der Waals surface area contributed by atoms with Gasteiger partial charge in [-0.1, -0.05) is 54.1 Å². The van der Waals surface area contributed by atoms with Crippen molar-refractivity contribution < 1.29 is 9.59 Å². The lowest BCUT2D eigenvalue weighted by atomic mass is 9.95. The fourth-order valence-corrected chi connectivity index (χ4v) is 3.49. The molecule has 0 spiro atoms. The molecule has 28 heavy (non-hydrogen) atoms. The van der Waals surface area contributed by atoms with Crippen molar-refractivity contribution in [1.82, 2.24) is 10.2 Å². The Hall–Kier alpha value is -2.59. The molecule has 146 valence electrons. The molecular weight excluding hydrogens is 372 g/mol. The second kappa shape index (κ2) is 9.56. The Balaban J connectivity index is 1.47. The van der Waals surface area contributed by atoms with E-state index in [0.29, 0.717) is 31.0 Å². The zero-order valence-corrected chi connectivity index (χ0v) is 16.7. The van der Waals surface area contributed by atoms with Gasteiger partial charge in [-0.2, -0.15) is 0 Å². The van der Waals surface area contributed by atoms with Gasteiger partial charge in [-0.3, -0.25) is 9.59 Å². The van der Waals surface area contributed by atoms with E-state index in [1.807, 2.05) is 72.5 Å². The van der Waals surface area contributed by atoms with Crippen LogP contribution in [0.25, 0.3) is 6.08 Å². The van der Waals surface area contributed by atoms with Crippen LogP contribution in [0.4, 0.5) is 0 Å². The number of hydrogen-bond donors (Lipinski definition) is 1. The van der Waals surface area contributed by atoms with E-state index in [-0.39, 0.29) is 23.8 Å². The first-order chi connectivity index (χ1) is 13.5. The van der Waals surface area contributed by atoms with Gasteiger partial charge in [0.05, 0.1) is 6.04 Å². The number of hydrogen-bond acceptors (Lipinski definition) is 2. The number of nitrogens with zero attached hydrogens (tertiary/aromatic N) is 1. The molecule has 1 aliphatic rings. The Kier molecular flexibility index (Phi) is 6.88. The van der Waals surface area contributed by atoms with Crippen LogP contribution in [-0.2, 0) is 9.59 Å². The molecule has 1 saturated heterocycles. The zero-order chi connectivity index (χ0) is 19.9. The summed E-state index contributed by atoms with van der Waals surface area (Å²) in [6, 6.07) is 17.2. The van der Waals surface area contributed by atoms with E-state index < -0.39 is 0 Å². The molecule has 2 amide bonds. The largest absolute Gasteiger partial charge is 0.349 e. The Morgan fingerprint density at radius 2 is 1.71 bits per heavy atom. The van der Waals surface area contributed by atoms with E-state index >= 15 is 0 Å². The van der Waals surface area contributed by atoms with Crippen LogP contribution in [0.15, 0.2) is 60.7 Å². The van der Waals surface area contributed by atoms with Crippen LogP contribution in [-0.4, -0.2) is 29.8 Å². The van der Waals surface area contributed by atoms with Crippen LogP contribution >= 0.6 is 11.6 Å². The van der Waals surface area contributed by atoms with E-state index in [1.165, 1.54) is 0 Å². The molecule has 0 saturated carbocycles. The van der Waals surface area contributed by atoms with Gasteiger partial charge in [-0.05, 0) is 49.1 Å². The summed E-state index contributed by atoms with van der Waals surface area (Å²) >= 11 is 5.92. The maximum atomic E-state index is 12.6. The minimum absolute atomic E-state index is 0.00255. The summed E-state index contributed by atoms with van der Waals surface area (Å²) < 4.78 is 0. The van der Waals surface area contributed by atoms with Crippen LogP contribution < -0.4 is 5.32 Å². The van der Waals surface area contributed by atoms with Crippen molar-refractivity contribution >= 4 is 29.5 Å². The lowest BCUT2D eigenvalue weighted by molar-refractivity contribution is -0.132. The summed E-state index contributed by atoms with van der Waals surface area (Å²) in [5.74, 6) is -0.0106. The van der Waals surface area contributed by atoms with Gasteiger partial charge in [0.1, 0.15) is 0 Å². The van der Waals surface area contributed by atoms with Gasteiger partial charge in [0, 0.05) is 30.1 Å². The Bertz CT molecular complexity index is 825. The van der Waals surface area contributed by atoms with E-state index in [1.54, 1.807) is 6.08 Å². The van der Waals surface area contributed by atoms with Crippen molar-refractivity contribution in [2.75, 3.05) is 13.1 Å². The van der Waals surface area contributed by atoms with Gasteiger partial charge in [-0.25, -0.2) is 0 Å². The normalized spacial score (nSPS) is 16.1. The Labute approximate surface area is 171 Å². The monoisotopic (exact) mass is 396 g/mol. The number of rotatable bonds is 5. The molecule has 3 rings (SSSR count). The first-order valence-electron chi connectivity index (χ1n) is 9.61. The molecule has 4 nitrogen and oxygen atoms in total. The Morgan fingerprint density at radius 3 is 2.36 bits per heavy atom. The third kappa shape index (κ3) is 5.46. The van der Waals surface area contributed by atoms with Crippen LogP contribution in [0.5, 0.6) is 0 Å². The molecule has 1 fully saturated rings. The molecule has 2 aromatic rings. The molecule has 1 aliphatic heterocycles. The third-order valence-electron chi connectivity index (χ3n) is 5.12. The summed E-state index contributed by atoms with van der Waals surface area (Å²) in [6.07, 6.45) is 4.81. The fraction of sp³-hybridized carbons (Fsp3) is 0.304. The summed E-state index contributed by atoms with van der Waals surface area (Å²) in [5.41, 5.74) is 2.03. The lowest BCUT2D eigenvalue weighted by Gasteiger charge is -2.31. The van der Waals surface area contributed by atoms with Gasteiger partial charge in [0.15, 0.2) is 0 Å². The summed E-state index contributed by atoms with van der Waals surface area (Å²) in [5, 5.41) is 3.76. The first-order valence-corrected chi connectivity index (χ1v) is 9.98. The second-order valence-electron chi connectivity index (χ2n) is 7.13. The Morgan fingerprint density at radius 1 is 1.07 bits per heavy atom. The SMILES string of the molecule is CC(NC(=O)C1CCN(C(=O)C=Cc2ccccc2)CC1)c1ccc(Cl)cc1. The number of halogens is 1. The highest BCUT2D eigenvalue weighted by atomic mass is 35.5. The van der Waals surface area contributed by atoms with Crippen LogP contribution in [0.2, 0.25) is 5.02 Å². The van der Waals surface area contributed by atoms with E-state index in [9.17, 15) is 9.59 Å². The molecule has 1 N–H and O–H groups in total. The standard InChI is InChI=1S/C23H25ClN2O2/c1-17(19-8-10-21(24)11-9-19)25-23(28)20-13-15-26(16-14-20)22(27)12-7-18-5-3-2-4-6-18/h2-12,17,20H,13-16H2,1H3,(H,25,28). The van der Waals surface area contributed by atoms with Crippen LogP contribution in [0, 0.1) is 5.92 Å². The maximum Gasteiger partial charge on any atom is 0.246 e. The number of piperidine rings is 1. The lowest BCUT2D eigenvalue weighted by Crippen LogP contribution is -2.43. The smallest absolute Gasteiger partial charge is 0.246 e. The van der Waals surface area contributed by atoms with Crippen molar-refractivity contribution in [3.05, 3.63) is 76.8 Å². The molecule has 1 heterocycles. The van der Waals surface area contributed by atoms with Gasteiger partial charge in [0.2, 0.25) is 11.8 Å². The second-order valence-corrected chi connectivity index (χ2v) is 7.56. The maximum absolute atomic E-state index is 12.6. The molecule has 2 aromatic carbocycles. The van der Waals surface area contributed by atoms with Crippen molar-refractivity contribution in [2.45, 2.75) is 25.8 Å². The highest BCUT2D eigenvalue weighted by Gasteiger charge is 2.27. The number of carbonyl (C=O) groups is 2. The molecule has 0 aliphatic carbocycles. The molecule has 0 aromatic heterocycles.